The lowest BCUT2D eigenvalue weighted by Crippen LogP contribution is -2.44. The number of aryl methyl sites for hydroxylation is 1. The van der Waals surface area contributed by atoms with Gasteiger partial charge in [0, 0.05) is 49.4 Å². The predicted octanol–water partition coefficient (Wildman–Crippen LogP) is 4.00. The number of rotatable bonds is 10. The second kappa shape index (κ2) is 13.3. The Hall–Kier alpha value is -3.47. The summed E-state index contributed by atoms with van der Waals surface area (Å²) in [4.78, 5) is 14.7. The number of hydrogen-bond acceptors (Lipinski definition) is 7. The van der Waals surface area contributed by atoms with Gasteiger partial charge in [-0.05, 0) is 75.5 Å². The SMILES string of the molecule is [CH2]c1cc(-c2nn(CCCN3CCC4(CCNC4=O)CC3)c3c2CN(S(C)(=O)=O)CC3)cc(NS(=O)(=O)Cc2ccccc2)c1C(F)(F)F. The highest BCUT2D eigenvalue weighted by Crippen LogP contribution is 2.42. The van der Waals surface area contributed by atoms with Gasteiger partial charge in [-0.3, -0.25) is 14.2 Å². The molecule has 0 bridgehead atoms. The Labute approximate surface area is 285 Å². The van der Waals surface area contributed by atoms with E-state index in [0.29, 0.717) is 30.5 Å². The topological polar surface area (TPSA) is 134 Å². The molecule has 11 nitrogen and oxygen atoms in total. The van der Waals surface area contributed by atoms with E-state index in [4.69, 9.17) is 5.10 Å². The van der Waals surface area contributed by atoms with Gasteiger partial charge >= 0.3 is 6.18 Å². The van der Waals surface area contributed by atoms with Crippen molar-refractivity contribution in [3.8, 4) is 11.3 Å². The molecular weight excluding hydrogens is 682 g/mol. The first-order valence-electron chi connectivity index (χ1n) is 16.2. The molecule has 3 aliphatic rings. The van der Waals surface area contributed by atoms with Gasteiger partial charge in [0.05, 0.1) is 34.4 Å². The van der Waals surface area contributed by atoms with Crippen LogP contribution in [-0.2, 0) is 56.3 Å². The van der Waals surface area contributed by atoms with Crippen LogP contribution in [0.5, 0.6) is 0 Å². The summed E-state index contributed by atoms with van der Waals surface area (Å²) in [6, 6.07) is 10.4. The molecule has 1 spiro atoms. The van der Waals surface area contributed by atoms with Crippen molar-refractivity contribution in [2.24, 2.45) is 5.41 Å². The van der Waals surface area contributed by atoms with Gasteiger partial charge in [-0.1, -0.05) is 30.3 Å². The molecule has 0 unspecified atom stereocenters. The lowest BCUT2D eigenvalue weighted by atomic mass is 9.77. The zero-order chi connectivity index (χ0) is 35.2. The summed E-state index contributed by atoms with van der Waals surface area (Å²) in [5.74, 6) is -0.396. The summed E-state index contributed by atoms with van der Waals surface area (Å²) < 4.78 is 99.5. The molecule has 3 aromatic rings. The van der Waals surface area contributed by atoms with Gasteiger partial charge < -0.3 is 10.2 Å². The lowest BCUT2D eigenvalue weighted by Gasteiger charge is -2.37. The third-order valence-corrected chi connectivity index (χ3v) is 12.3. The standard InChI is InChI=1S/C33H40F3N6O5S2/c1-23-19-25(20-27(29(23)33(34,35)36)39-49(46,47)22-24-7-4-3-5-8-24)30-26-21-41(48(2,44)45)16-9-28(26)42(38-30)15-6-14-40-17-11-32(12-18-40)10-13-37-31(32)43/h3-5,7-8,19-20,39H,1,6,9-18,21-22H2,2H3,(H,37,43). The minimum Gasteiger partial charge on any atom is -0.356 e. The molecule has 49 heavy (non-hydrogen) atoms. The van der Waals surface area contributed by atoms with Crippen LogP contribution in [0.2, 0.25) is 0 Å². The third-order valence-electron chi connectivity index (χ3n) is 9.84. The average molecular weight is 722 g/mol. The molecule has 2 aromatic carbocycles. The molecule has 0 aliphatic carbocycles. The molecule has 3 aliphatic heterocycles. The molecule has 265 valence electrons. The van der Waals surface area contributed by atoms with E-state index in [1.807, 2.05) is 0 Å². The van der Waals surface area contributed by atoms with Crippen molar-refractivity contribution in [2.75, 3.05) is 43.7 Å². The summed E-state index contributed by atoms with van der Waals surface area (Å²) in [5.41, 5.74) is -0.387. The maximum absolute atomic E-state index is 14.3. The summed E-state index contributed by atoms with van der Waals surface area (Å²) >= 11 is 0. The van der Waals surface area contributed by atoms with Crippen molar-refractivity contribution in [3.05, 3.63) is 77.3 Å². The minimum atomic E-state index is -4.91. The van der Waals surface area contributed by atoms with E-state index in [1.165, 1.54) is 10.4 Å². The minimum absolute atomic E-state index is 0.0255. The average Bonchev–Trinajstić information content (AvgIpc) is 3.56. The van der Waals surface area contributed by atoms with E-state index in [1.54, 1.807) is 35.0 Å². The zero-order valence-corrected chi connectivity index (χ0v) is 28.9. The van der Waals surface area contributed by atoms with Crippen LogP contribution in [0.4, 0.5) is 18.9 Å². The highest BCUT2D eigenvalue weighted by atomic mass is 32.2. The quantitative estimate of drug-likeness (QED) is 0.324. The van der Waals surface area contributed by atoms with E-state index in [0.717, 1.165) is 63.5 Å². The van der Waals surface area contributed by atoms with Gasteiger partial charge in [-0.2, -0.15) is 22.6 Å². The molecule has 4 heterocycles. The number of amides is 1. The molecule has 2 N–H and O–H groups in total. The number of nitrogens with one attached hydrogen (secondary N) is 2. The van der Waals surface area contributed by atoms with Crippen molar-refractivity contribution < 1.29 is 34.8 Å². The zero-order valence-electron chi connectivity index (χ0n) is 27.2. The molecule has 1 amide bonds. The molecule has 0 atom stereocenters. The van der Waals surface area contributed by atoms with Gasteiger partial charge in [-0.25, -0.2) is 16.8 Å². The highest BCUT2D eigenvalue weighted by molar-refractivity contribution is 7.91. The van der Waals surface area contributed by atoms with Gasteiger partial charge in [0.1, 0.15) is 0 Å². The number of carbonyl (C=O) groups excluding carboxylic acids is 1. The fourth-order valence-electron chi connectivity index (χ4n) is 7.26. The Morgan fingerprint density at radius 3 is 2.37 bits per heavy atom. The molecule has 2 fully saturated rings. The first kappa shape index (κ1) is 35.4. The first-order chi connectivity index (χ1) is 23.0. The number of fused-ring (bicyclic) bond motifs is 1. The number of halogens is 3. The monoisotopic (exact) mass is 721 g/mol. The van der Waals surface area contributed by atoms with E-state index >= 15 is 0 Å². The largest absolute Gasteiger partial charge is 0.418 e. The number of carbonyl (C=O) groups is 1. The molecule has 6 rings (SSSR count). The van der Waals surface area contributed by atoms with Crippen LogP contribution in [0.3, 0.4) is 0 Å². The lowest BCUT2D eigenvalue weighted by molar-refractivity contribution is -0.137. The van der Waals surface area contributed by atoms with Crippen molar-refractivity contribution >= 4 is 31.6 Å². The fraction of sp³-hybridized carbons (Fsp3) is 0.485. The predicted molar refractivity (Wildman–Crippen MR) is 179 cm³/mol. The van der Waals surface area contributed by atoms with Crippen molar-refractivity contribution in [1.82, 2.24) is 24.3 Å². The van der Waals surface area contributed by atoms with Gasteiger partial charge in [0.25, 0.3) is 0 Å². The molecular formula is C33H40F3N6O5S2. The number of likely N-dealkylation sites (tertiary alicyclic amines) is 1. The van der Waals surface area contributed by atoms with Crippen LogP contribution >= 0.6 is 0 Å². The summed E-state index contributed by atoms with van der Waals surface area (Å²) in [7, 11) is -7.87. The Morgan fingerprint density at radius 2 is 1.73 bits per heavy atom. The van der Waals surface area contributed by atoms with Crippen LogP contribution in [-0.4, -0.2) is 80.7 Å². The van der Waals surface area contributed by atoms with Crippen LogP contribution < -0.4 is 10.0 Å². The van der Waals surface area contributed by atoms with Crippen molar-refractivity contribution in [1.29, 1.82) is 0 Å². The first-order valence-corrected chi connectivity index (χ1v) is 19.7. The van der Waals surface area contributed by atoms with Gasteiger partial charge in [0.2, 0.25) is 26.0 Å². The number of nitrogens with zero attached hydrogens (tertiary/aromatic N) is 4. The number of benzene rings is 2. The Bertz CT molecular complexity index is 1940. The number of alkyl halides is 3. The summed E-state index contributed by atoms with van der Waals surface area (Å²) in [5, 5.41) is 7.76. The summed E-state index contributed by atoms with van der Waals surface area (Å²) in [6.45, 7) is 7.40. The number of anilines is 1. The Kier molecular flexibility index (Phi) is 9.63. The smallest absolute Gasteiger partial charge is 0.356 e. The molecule has 1 radical (unpaired) electrons. The molecule has 2 saturated heterocycles. The van der Waals surface area contributed by atoms with Crippen LogP contribution in [0.15, 0.2) is 42.5 Å². The van der Waals surface area contributed by atoms with E-state index in [9.17, 15) is 34.8 Å². The number of hydrogen-bond donors (Lipinski definition) is 2. The van der Waals surface area contributed by atoms with Gasteiger partial charge in [-0.15, -0.1) is 0 Å². The van der Waals surface area contributed by atoms with E-state index in [-0.39, 0.29) is 35.7 Å². The van der Waals surface area contributed by atoms with E-state index in [2.05, 4.69) is 21.9 Å². The van der Waals surface area contributed by atoms with Crippen molar-refractivity contribution in [2.45, 2.75) is 57.1 Å². The second-order valence-electron chi connectivity index (χ2n) is 13.2. The Balaban J connectivity index is 1.29. The fourth-order valence-corrected chi connectivity index (χ4v) is 9.25. The van der Waals surface area contributed by atoms with Crippen LogP contribution in [0.25, 0.3) is 11.3 Å². The molecule has 16 heteroatoms. The number of aromatic nitrogens is 2. The molecule has 1 aromatic heterocycles. The second-order valence-corrected chi connectivity index (χ2v) is 16.9. The normalized spacial score (nSPS) is 18.8. The van der Waals surface area contributed by atoms with Gasteiger partial charge in [0.15, 0.2) is 0 Å². The maximum Gasteiger partial charge on any atom is 0.418 e. The van der Waals surface area contributed by atoms with Crippen LogP contribution in [0.1, 0.15) is 53.6 Å². The van der Waals surface area contributed by atoms with Crippen LogP contribution in [0, 0.1) is 12.3 Å². The maximum atomic E-state index is 14.3. The van der Waals surface area contributed by atoms with Crippen molar-refractivity contribution in [3.63, 3.8) is 0 Å². The highest BCUT2D eigenvalue weighted by Gasteiger charge is 2.44. The number of sulfonamides is 2. The third kappa shape index (κ3) is 7.66. The Morgan fingerprint density at radius 1 is 1.02 bits per heavy atom. The molecule has 0 saturated carbocycles. The summed E-state index contributed by atoms with van der Waals surface area (Å²) in [6.07, 6.45) is -0.276. The van der Waals surface area contributed by atoms with E-state index < -0.39 is 48.8 Å². The number of piperidine rings is 1.